The third-order valence-corrected chi connectivity index (χ3v) is 11.1. The maximum atomic E-state index is 14.0. The number of amides is 1. The maximum absolute atomic E-state index is 14.0. The van der Waals surface area contributed by atoms with E-state index in [0.717, 1.165) is 43.1 Å². The number of oxime groups is 1. The Morgan fingerprint density at radius 3 is 2.44 bits per heavy atom. The Kier molecular flexibility index (Phi) is 13.4. The van der Waals surface area contributed by atoms with E-state index in [1.165, 1.54) is 36.3 Å². The first-order valence-corrected chi connectivity index (χ1v) is 19.2. The summed E-state index contributed by atoms with van der Waals surface area (Å²) in [6, 6.07) is 16.9. The Morgan fingerprint density at radius 1 is 1.04 bits per heavy atom. The summed E-state index contributed by atoms with van der Waals surface area (Å²) in [5.41, 5.74) is 2.67. The minimum absolute atomic E-state index is 0.00750. The van der Waals surface area contributed by atoms with Crippen molar-refractivity contribution in [3.63, 3.8) is 0 Å². The predicted octanol–water partition coefficient (Wildman–Crippen LogP) is 7.59. The van der Waals surface area contributed by atoms with Crippen molar-refractivity contribution in [2.75, 3.05) is 34.0 Å². The van der Waals surface area contributed by atoms with Gasteiger partial charge in [0.1, 0.15) is 42.4 Å². The van der Waals surface area contributed by atoms with Crippen LogP contribution in [0.4, 0.5) is 10.5 Å². The van der Waals surface area contributed by atoms with Gasteiger partial charge >= 0.3 is 6.09 Å². The lowest BCUT2D eigenvalue weighted by Crippen LogP contribution is -2.69. The van der Waals surface area contributed by atoms with Crippen LogP contribution in [0.2, 0.25) is 0 Å². The number of nitrogens with zero attached hydrogens (tertiary/aromatic N) is 3. The first kappa shape index (κ1) is 41.1. The summed E-state index contributed by atoms with van der Waals surface area (Å²) < 4.78 is 26.0. The molecule has 14 nitrogen and oxygen atoms in total. The molecule has 0 saturated heterocycles. The Hall–Kier alpha value is -5.57. The number of carbonyl (C=O) groups is 2. The highest BCUT2D eigenvalue weighted by Gasteiger charge is 2.65. The van der Waals surface area contributed by atoms with Gasteiger partial charge in [-0.1, -0.05) is 42.3 Å². The molecule has 2 aliphatic carbocycles. The number of carbonyl (C=O) groups excluding carboxylic acids is 2. The van der Waals surface area contributed by atoms with Crippen LogP contribution in [0.25, 0.3) is 0 Å². The molecule has 1 fully saturated rings. The minimum atomic E-state index is -1.50. The number of nitro benzene ring substituents is 1. The van der Waals surface area contributed by atoms with Crippen molar-refractivity contribution in [1.82, 2.24) is 4.90 Å². The van der Waals surface area contributed by atoms with E-state index in [2.05, 4.69) is 17.8 Å². The minimum Gasteiger partial charge on any atom is -0.459 e. The SMILES string of the molecule is C=CCO[C@@]12Oc3ccc(Oc4cccc(C=O)c4)cc3[C@H]3[C@H](CCCCO)[C@@H](CCCCO)C=C(C(=NOC)C[C@@H]1N(C)C(=O)Oc1ccc([N+](=O)[O-])cc1)[C@H]32. The average molecular weight is 784 g/mol. The van der Waals surface area contributed by atoms with E-state index < -0.39 is 28.8 Å². The van der Waals surface area contributed by atoms with Crippen LogP contribution >= 0.6 is 0 Å². The number of nitro groups is 1. The molecule has 1 aliphatic heterocycles. The molecular formula is C43H49N3O11. The van der Waals surface area contributed by atoms with E-state index in [9.17, 15) is 29.9 Å². The van der Waals surface area contributed by atoms with Gasteiger partial charge in [0.2, 0.25) is 5.79 Å². The van der Waals surface area contributed by atoms with Crippen molar-refractivity contribution < 1.29 is 48.5 Å². The molecular weight excluding hydrogens is 734 g/mol. The van der Waals surface area contributed by atoms with E-state index in [-0.39, 0.29) is 55.4 Å². The molecule has 6 atom stereocenters. The van der Waals surface area contributed by atoms with Crippen LogP contribution in [0.5, 0.6) is 23.0 Å². The van der Waals surface area contributed by atoms with Crippen LogP contribution < -0.4 is 14.2 Å². The fourth-order valence-electron chi connectivity index (χ4n) is 8.62. The van der Waals surface area contributed by atoms with Crippen LogP contribution in [0.15, 0.2) is 96.2 Å². The highest BCUT2D eigenvalue weighted by molar-refractivity contribution is 6.03. The highest BCUT2D eigenvalue weighted by Crippen LogP contribution is 2.62. The van der Waals surface area contributed by atoms with E-state index in [1.807, 2.05) is 12.1 Å². The zero-order chi connectivity index (χ0) is 40.5. The lowest BCUT2D eigenvalue weighted by atomic mass is 9.55. The number of benzene rings is 3. The van der Waals surface area contributed by atoms with Crippen LogP contribution in [-0.4, -0.2) is 83.9 Å². The summed E-state index contributed by atoms with van der Waals surface area (Å²) in [5, 5.41) is 35.4. The number of ether oxygens (including phenoxy) is 4. The molecule has 3 aromatic rings. The number of fused-ring (bicyclic) bond motifs is 2. The smallest absolute Gasteiger partial charge is 0.415 e. The topological polar surface area (TPSA) is 179 Å². The first-order valence-electron chi connectivity index (χ1n) is 19.2. The van der Waals surface area contributed by atoms with Crippen molar-refractivity contribution in [3.8, 4) is 23.0 Å². The second-order valence-electron chi connectivity index (χ2n) is 14.5. The standard InChI is InChI=1S/C43H49N3O11/c1-4-22-54-43-39(45(2)42(50)56-31-16-14-30(15-17-31)46(51)52)26-37(44-53-3)35-24-29(11-5-7-20-47)34(13-6-8-21-48)40(41(35)43)36-25-33(18-19-38(36)57-43)55-32-12-9-10-28(23-32)27-49/h4,9-10,12,14-19,23-25,27,29,34,39-41,47-48H,1,5-8,11,13,20-22,26H2,2-3H3/t29-,34+,39-,40+,41+,43+/m0/s1. The number of aliphatic hydroxyl groups is 2. The number of unbranched alkanes of at least 4 members (excludes halogenated alkanes) is 2. The van der Waals surface area contributed by atoms with E-state index in [0.29, 0.717) is 41.4 Å². The van der Waals surface area contributed by atoms with Crippen molar-refractivity contribution in [2.24, 2.45) is 22.9 Å². The Balaban J connectivity index is 1.51. The van der Waals surface area contributed by atoms with E-state index in [4.69, 9.17) is 23.8 Å². The van der Waals surface area contributed by atoms with Gasteiger partial charge in [0.25, 0.3) is 5.69 Å². The third-order valence-electron chi connectivity index (χ3n) is 11.1. The van der Waals surface area contributed by atoms with Crippen LogP contribution in [0.3, 0.4) is 0 Å². The monoisotopic (exact) mass is 783 g/mol. The van der Waals surface area contributed by atoms with E-state index >= 15 is 0 Å². The molecule has 14 heteroatoms. The highest BCUT2D eigenvalue weighted by atomic mass is 16.7. The van der Waals surface area contributed by atoms with Gasteiger partial charge in [-0.2, -0.15) is 0 Å². The van der Waals surface area contributed by atoms with Gasteiger partial charge in [-0.3, -0.25) is 14.9 Å². The molecule has 3 aliphatic rings. The zero-order valence-electron chi connectivity index (χ0n) is 32.2. The normalized spacial score (nSPS) is 23.9. The molecule has 57 heavy (non-hydrogen) atoms. The van der Waals surface area contributed by atoms with Gasteiger partial charge in [0.15, 0.2) is 0 Å². The maximum Gasteiger partial charge on any atom is 0.415 e. The third kappa shape index (κ3) is 8.73. The Labute approximate surface area is 331 Å². The number of hydrogen-bond donors (Lipinski definition) is 2. The lowest BCUT2D eigenvalue weighted by molar-refractivity contribution is -0.384. The molecule has 0 bridgehead atoms. The number of likely N-dealkylation sites (N-methyl/N-ethyl adjacent to an activating group) is 1. The van der Waals surface area contributed by atoms with Gasteiger partial charge in [-0.15, -0.1) is 6.58 Å². The molecule has 6 rings (SSSR count). The van der Waals surface area contributed by atoms with Gasteiger partial charge in [-0.05, 0) is 85.6 Å². The molecule has 1 saturated carbocycles. The summed E-state index contributed by atoms with van der Waals surface area (Å²) in [7, 11) is 3.06. The van der Waals surface area contributed by atoms with Crippen LogP contribution in [0.1, 0.15) is 66.8 Å². The number of allylic oxidation sites excluding steroid dienone is 1. The van der Waals surface area contributed by atoms with Gasteiger partial charge in [0.05, 0.1) is 23.2 Å². The van der Waals surface area contributed by atoms with Gasteiger partial charge < -0.3 is 38.9 Å². The fourth-order valence-corrected chi connectivity index (χ4v) is 8.62. The molecule has 0 aromatic heterocycles. The summed E-state index contributed by atoms with van der Waals surface area (Å²) in [5.74, 6) is -0.634. The van der Waals surface area contributed by atoms with Crippen molar-refractivity contribution in [2.45, 2.75) is 62.7 Å². The lowest BCUT2D eigenvalue weighted by Gasteiger charge is -2.59. The predicted molar refractivity (Wildman–Crippen MR) is 211 cm³/mol. The number of rotatable bonds is 18. The Morgan fingerprint density at radius 2 is 1.75 bits per heavy atom. The van der Waals surface area contributed by atoms with Crippen LogP contribution in [-0.2, 0) is 9.57 Å². The second-order valence-corrected chi connectivity index (χ2v) is 14.5. The van der Waals surface area contributed by atoms with Crippen LogP contribution in [0, 0.1) is 27.9 Å². The summed E-state index contributed by atoms with van der Waals surface area (Å²) >= 11 is 0. The number of aliphatic hydroxyl groups excluding tert-OH is 2. The average Bonchev–Trinajstić information content (AvgIpc) is 3.21. The molecule has 1 amide bonds. The van der Waals surface area contributed by atoms with Gasteiger partial charge in [0, 0.05) is 55.9 Å². The molecule has 0 radical (unpaired) electrons. The number of non-ortho nitro benzene ring substituents is 1. The van der Waals surface area contributed by atoms with Crippen molar-refractivity contribution in [1.29, 1.82) is 0 Å². The molecule has 3 aromatic carbocycles. The summed E-state index contributed by atoms with van der Waals surface area (Å²) in [4.78, 5) is 43.2. The second kappa shape index (κ2) is 18.6. The molecule has 1 heterocycles. The van der Waals surface area contributed by atoms with Crippen molar-refractivity contribution >= 4 is 23.8 Å². The Bertz CT molecular complexity index is 1980. The number of hydrogen-bond acceptors (Lipinski definition) is 12. The molecule has 2 N–H and O–H groups in total. The molecule has 0 spiro atoms. The molecule has 302 valence electrons. The quantitative estimate of drug-likeness (QED) is 0.0427. The fraction of sp³-hybridized carbons (Fsp3) is 0.419. The number of aldehydes is 1. The largest absolute Gasteiger partial charge is 0.459 e. The van der Waals surface area contributed by atoms with E-state index in [1.54, 1.807) is 43.5 Å². The summed E-state index contributed by atoms with van der Waals surface area (Å²) in [6.07, 6.45) is 8.36. The zero-order valence-corrected chi connectivity index (χ0v) is 32.2. The first-order chi connectivity index (χ1) is 27.7. The summed E-state index contributed by atoms with van der Waals surface area (Å²) in [6.45, 7) is 4.13. The van der Waals surface area contributed by atoms with Gasteiger partial charge in [-0.25, -0.2) is 4.79 Å². The van der Waals surface area contributed by atoms with Crippen molar-refractivity contribution in [3.05, 3.63) is 112 Å². The molecule has 0 unspecified atom stereocenters.